The molecule has 0 aliphatic carbocycles. The molecule has 0 aromatic rings. The molecular weight excluding hydrogens is 286 g/mol. The molecule has 9 heteroatoms. The lowest BCUT2D eigenvalue weighted by Gasteiger charge is -2.24. The molecule has 21 heavy (non-hydrogen) atoms. The number of hydroxylamine groups is 1. The highest BCUT2D eigenvalue weighted by Gasteiger charge is 2.39. The molecule has 4 atom stereocenters. The van der Waals surface area contributed by atoms with Crippen molar-refractivity contribution in [3.05, 3.63) is 12.3 Å². The number of hydrogen-bond donors (Lipinski definition) is 6. The van der Waals surface area contributed by atoms with E-state index in [2.05, 4.69) is 10.3 Å². The van der Waals surface area contributed by atoms with Gasteiger partial charge in [0.05, 0.1) is 0 Å². The van der Waals surface area contributed by atoms with Crippen LogP contribution in [0.5, 0.6) is 0 Å². The van der Waals surface area contributed by atoms with Crippen molar-refractivity contribution < 1.29 is 40.0 Å². The Morgan fingerprint density at radius 3 is 2.24 bits per heavy atom. The fourth-order valence-electron chi connectivity index (χ4n) is 1.34. The minimum absolute atomic E-state index is 0.744. The first-order valence-corrected chi connectivity index (χ1v) is 6.38. The third-order valence-electron chi connectivity index (χ3n) is 2.59. The van der Waals surface area contributed by atoms with Gasteiger partial charge in [-0.15, -0.1) is 0 Å². The van der Waals surface area contributed by atoms with E-state index in [1.807, 2.05) is 6.92 Å². The van der Waals surface area contributed by atoms with E-state index in [9.17, 15) is 19.8 Å². The Morgan fingerprint density at radius 1 is 1.14 bits per heavy atom. The predicted molar refractivity (Wildman–Crippen MR) is 70.0 cm³/mol. The van der Waals surface area contributed by atoms with Gasteiger partial charge < -0.3 is 25.5 Å². The smallest absolute Gasteiger partial charge is 0.338 e. The third kappa shape index (κ3) is 7.04. The number of nitrogens with one attached hydrogen (secondary N) is 1. The second kappa shape index (κ2) is 10.1. The molecule has 9 nitrogen and oxygen atoms in total. The van der Waals surface area contributed by atoms with Gasteiger partial charge in [-0.25, -0.2) is 9.59 Å². The Balaban J connectivity index is 4.50. The van der Waals surface area contributed by atoms with Crippen LogP contribution >= 0.6 is 0 Å². The van der Waals surface area contributed by atoms with Gasteiger partial charge in [0, 0.05) is 6.20 Å². The summed E-state index contributed by atoms with van der Waals surface area (Å²) < 4.78 is 0. The predicted octanol–water partition coefficient (Wildman–Crippen LogP) is -1.17. The van der Waals surface area contributed by atoms with E-state index in [0.717, 1.165) is 19.3 Å². The fraction of sp³-hybridized carbons (Fsp3) is 0.667. The summed E-state index contributed by atoms with van der Waals surface area (Å²) in [6.45, 7) is 2.00. The molecule has 0 radical (unpaired) electrons. The van der Waals surface area contributed by atoms with Crippen LogP contribution in [0.15, 0.2) is 12.3 Å². The van der Waals surface area contributed by atoms with Gasteiger partial charge >= 0.3 is 11.9 Å². The zero-order valence-corrected chi connectivity index (χ0v) is 11.5. The SMILES string of the molecule is CCCC/C=C/NO[C@@H](C(=O)O)[C@@H](O)[C@H](O)[C@H](O)C(=O)O. The summed E-state index contributed by atoms with van der Waals surface area (Å²) in [4.78, 5) is 26.0. The lowest BCUT2D eigenvalue weighted by atomic mass is 10.0. The van der Waals surface area contributed by atoms with Gasteiger partial charge in [0.1, 0.15) is 12.2 Å². The number of rotatable bonds is 11. The molecule has 6 N–H and O–H groups in total. The third-order valence-corrected chi connectivity index (χ3v) is 2.59. The summed E-state index contributed by atoms with van der Waals surface area (Å²) >= 11 is 0. The second-order valence-electron chi connectivity index (χ2n) is 4.30. The quantitative estimate of drug-likeness (QED) is 0.204. The maximum atomic E-state index is 10.9. The first kappa shape index (κ1) is 19.3. The van der Waals surface area contributed by atoms with Gasteiger partial charge in [-0.2, -0.15) is 0 Å². The van der Waals surface area contributed by atoms with Crippen LogP contribution < -0.4 is 5.48 Å². The number of carbonyl (C=O) groups is 2. The molecule has 0 amide bonds. The lowest BCUT2D eigenvalue weighted by molar-refractivity contribution is -0.184. The van der Waals surface area contributed by atoms with Crippen LogP contribution in [0.1, 0.15) is 26.2 Å². The Bertz CT molecular complexity index is 359. The second-order valence-corrected chi connectivity index (χ2v) is 4.30. The highest BCUT2D eigenvalue weighted by molar-refractivity contribution is 5.75. The normalized spacial score (nSPS) is 17.1. The molecular formula is C12H21NO8. The van der Waals surface area contributed by atoms with E-state index in [-0.39, 0.29) is 0 Å². The first-order valence-electron chi connectivity index (χ1n) is 6.38. The van der Waals surface area contributed by atoms with Gasteiger partial charge in [0.2, 0.25) is 6.10 Å². The van der Waals surface area contributed by atoms with Crippen LogP contribution in [-0.4, -0.2) is 61.9 Å². The summed E-state index contributed by atoms with van der Waals surface area (Å²) in [7, 11) is 0. The molecule has 0 rings (SSSR count). The molecule has 0 aliphatic rings. The molecule has 0 aromatic carbocycles. The molecule has 0 saturated heterocycles. The number of aliphatic hydroxyl groups excluding tert-OH is 3. The van der Waals surface area contributed by atoms with Gasteiger partial charge in [-0.05, 0) is 6.42 Å². The van der Waals surface area contributed by atoms with Crippen LogP contribution in [0.3, 0.4) is 0 Å². The van der Waals surface area contributed by atoms with Crippen molar-refractivity contribution >= 4 is 11.9 Å². The summed E-state index contributed by atoms with van der Waals surface area (Å²) in [5, 5.41) is 45.4. The topological polar surface area (TPSA) is 157 Å². The van der Waals surface area contributed by atoms with E-state index in [1.165, 1.54) is 6.20 Å². The van der Waals surface area contributed by atoms with Gasteiger partial charge in [0.25, 0.3) is 0 Å². The number of carboxylic acids is 2. The van der Waals surface area contributed by atoms with E-state index >= 15 is 0 Å². The largest absolute Gasteiger partial charge is 0.479 e. The number of allylic oxidation sites excluding steroid dienone is 1. The molecule has 0 bridgehead atoms. The zero-order chi connectivity index (χ0) is 16.4. The highest BCUT2D eigenvalue weighted by Crippen LogP contribution is 2.08. The van der Waals surface area contributed by atoms with Crippen molar-refractivity contribution in [2.24, 2.45) is 0 Å². The van der Waals surface area contributed by atoms with E-state index in [0.29, 0.717) is 0 Å². The van der Waals surface area contributed by atoms with E-state index in [1.54, 1.807) is 6.08 Å². The Labute approximate surface area is 121 Å². The molecule has 0 fully saturated rings. The van der Waals surface area contributed by atoms with Crippen molar-refractivity contribution in [2.45, 2.75) is 50.6 Å². The van der Waals surface area contributed by atoms with Gasteiger partial charge in [0.15, 0.2) is 6.10 Å². The van der Waals surface area contributed by atoms with Crippen molar-refractivity contribution in [2.75, 3.05) is 0 Å². The number of unbranched alkanes of at least 4 members (excludes halogenated alkanes) is 2. The molecule has 0 aromatic heterocycles. The molecule has 0 saturated carbocycles. The Hall–Kier alpha value is -1.68. The van der Waals surface area contributed by atoms with Crippen LogP contribution in [-0.2, 0) is 14.4 Å². The number of aliphatic carboxylic acids is 2. The van der Waals surface area contributed by atoms with Crippen LogP contribution in [0.25, 0.3) is 0 Å². The van der Waals surface area contributed by atoms with Crippen LogP contribution in [0.4, 0.5) is 0 Å². The minimum Gasteiger partial charge on any atom is -0.479 e. The summed E-state index contributed by atoms with van der Waals surface area (Å²) in [6, 6.07) is 0. The summed E-state index contributed by atoms with van der Waals surface area (Å²) in [5.74, 6) is -3.42. The number of hydrogen-bond acceptors (Lipinski definition) is 7. The minimum atomic E-state index is -2.33. The number of carboxylic acid groups (broad SMARTS) is 2. The molecule has 0 spiro atoms. The average Bonchev–Trinajstić information content (AvgIpc) is 2.43. The van der Waals surface area contributed by atoms with Crippen molar-refractivity contribution in [1.29, 1.82) is 0 Å². The average molecular weight is 307 g/mol. The van der Waals surface area contributed by atoms with Crippen LogP contribution in [0.2, 0.25) is 0 Å². The maximum Gasteiger partial charge on any atom is 0.338 e. The molecule has 122 valence electrons. The lowest BCUT2D eigenvalue weighted by Crippen LogP contribution is -2.52. The Kier molecular flexibility index (Phi) is 9.30. The monoisotopic (exact) mass is 307 g/mol. The standard InChI is InChI=1S/C12H21NO8/c1-2-3-4-5-6-13-21-10(12(19)20)8(15)7(14)9(16)11(17)18/h5-10,13-16H,2-4H2,1H3,(H,17,18)(H,19,20)/b6-5+/t7-,8-,9-,10+/m0/s1. The Morgan fingerprint density at radius 2 is 1.76 bits per heavy atom. The molecule has 0 heterocycles. The first-order chi connectivity index (χ1) is 9.82. The molecule has 0 aliphatic heterocycles. The van der Waals surface area contributed by atoms with Crippen LogP contribution in [0, 0.1) is 0 Å². The van der Waals surface area contributed by atoms with Crippen molar-refractivity contribution in [3.63, 3.8) is 0 Å². The van der Waals surface area contributed by atoms with Crippen molar-refractivity contribution in [1.82, 2.24) is 5.48 Å². The number of aliphatic hydroxyl groups is 3. The van der Waals surface area contributed by atoms with E-state index in [4.69, 9.17) is 15.3 Å². The van der Waals surface area contributed by atoms with Gasteiger partial charge in [-0.3, -0.25) is 10.3 Å². The van der Waals surface area contributed by atoms with Gasteiger partial charge in [-0.1, -0.05) is 25.8 Å². The fourth-order valence-corrected chi connectivity index (χ4v) is 1.34. The summed E-state index contributed by atoms with van der Waals surface area (Å²) in [5.41, 5.74) is 2.17. The zero-order valence-electron chi connectivity index (χ0n) is 11.5. The summed E-state index contributed by atoms with van der Waals surface area (Å²) in [6.07, 6.45) is -2.97. The maximum absolute atomic E-state index is 10.9. The van der Waals surface area contributed by atoms with E-state index < -0.39 is 36.4 Å². The molecule has 0 unspecified atom stereocenters. The highest BCUT2D eigenvalue weighted by atomic mass is 16.7. The van der Waals surface area contributed by atoms with Crippen molar-refractivity contribution in [3.8, 4) is 0 Å².